The molecule has 0 atom stereocenters. The van der Waals surface area contributed by atoms with Crippen molar-refractivity contribution in [1.29, 1.82) is 0 Å². The predicted molar refractivity (Wildman–Crippen MR) is 72.4 cm³/mol. The van der Waals surface area contributed by atoms with E-state index >= 15 is 0 Å². The van der Waals surface area contributed by atoms with Gasteiger partial charge in [-0.05, 0) is 26.0 Å². The fourth-order valence-electron chi connectivity index (χ4n) is 1.85. The van der Waals surface area contributed by atoms with Crippen molar-refractivity contribution in [2.45, 2.75) is 19.4 Å². The summed E-state index contributed by atoms with van der Waals surface area (Å²) in [6.45, 7) is 3.56. The van der Waals surface area contributed by atoms with E-state index in [2.05, 4.69) is 15.1 Å². The summed E-state index contributed by atoms with van der Waals surface area (Å²) in [5.41, 5.74) is -0.473. The fraction of sp³-hybridized carbons (Fsp3) is 0.385. The van der Waals surface area contributed by atoms with Gasteiger partial charge in [0.25, 0.3) is 5.91 Å². The zero-order valence-corrected chi connectivity index (χ0v) is 11.7. The molecule has 0 aliphatic rings. The van der Waals surface area contributed by atoms with Gasteiger partial charge in [0.2, 0.25) is 0 Å². The Bertz CT molecular complexity index is 572. The van der Waals surface area contributed by atoms with Crippen LogP contribution in [-0.2, 0) is 0 Å². The highest BCUT2D eigenvalue weighted by atomic mass is 16.3. The molecule has 0 bridgehead atoms. The fourth-order valence-corrected chi connectivity index (χ4v) is 1.85. The van der Waals surface area contributed by atoms with Crippen LogP contribution in [0, 0.1) is 0 Å². The third-order valence-electron chi connectivity index (χ3n) is 2.62. The number of rotatable bonds is 4. The first-order chi connectivity index (χ1) is 9.37. The van der Waals surface area contributed by atoms with E-state index in [-0.39, 0.29) is 12.5 Å². The van der Waals surface area contributed by atoms with Crippen molar-refractivity contribution in [2.75, 3.05) is 13.6 Å². The summed E-state index contributed by atoms with van der Waals surface area (Å²) in [6.07, 6.45) is 4.43. The number of nitrogens with zero attached hydrogens (tertiary/aromatic N) is 5. The van der Waals surface area contributed by atoms with E-state index in [1.165, 1.54) is 28.4 Å². The highest BCUT2D eigenvalue weighted by Gasteiger charge is 2.20. The second kappa shape index (κ2) is 5.38. The molecule has 0 saturated carbocycles. The van der Waals surface area contributed by atoms with Crippen LogP contribution in [0.15, 0.2) is 31.0 Å². The number of aliphatic hydroxyl groups is 1. The van der Waals surface area contributed by atoms with E-state index in [4.69, 9.17) is 0 Å². The van der Waals surface area contributed by atoms with Gasteiger partial charge in [0.1, 0.15) is 12.7 Å². The predicted octanol–water partition coefficient (Wildman–Crippen LogP) is 0.505. The standard InChI is InChI=1S/C13H17N5O2/c1-13(2,20)7-17(3)12(19)10-4-5-11(15-6-10)18-9-14-8-16-18/h4-6,8-9,20H,7H2,1-3H3. The van der Waals surface area contributed by atoms with Gasteiger partial charge in [0.05, 0.1) is 11.2 Å². The first-order valence-corrected chi connectivity index (χ1v) is 6.16. The van der Waals surface area contributed by atoms with Gasteiger partial charge in [-0.2, -0.15) is 5.10 Å². The quantitative estimate of drug-likeness (QED) is 0.878. The van der Waals surface area contributed by atoms with Crippen LogP contribution in [0.1, 0.15) is 24.2 Å². The molecule has 0 aliphatic carbocycles. The molecule has 0 radical (unpaired) electrons. The number of pyridine rings is 1. The number of likely N-dealkylation sites (N-methyl/N-ethyl adjacent to an activating group) is 1. The van der Waals surface area contributed by atoms with Gasteiger partial charge in [-0.3, -0.25) is 4.79 Å². The maximum Gasteiger partial charge on any atom is 0.255 e. The largest absolute Gasteiger partial charge is 0.389 e. The Kier molecular flexibility index (Phi) is 3.80. The molecule has 2 rings (SSSR count). The Labute approximate surface area is 116 Å². The van der Waals surface area contributed by atoms with Crippen LogP contribution in [0.5, 0.6) is 0 Å². The van der Waals surface area contributed by atoms with E-state index in [1.54, 1.807) is 33.0 Å². The number of hydrogen-bond donors (Lipinski definition) is 1. The van der Waals surface area contributed by atoms with Gasteiger partial charge >= 0.3 is 0 Å². The number of aromatic nitrogens is 4. The Morgan fingerprint density at radius 2 is 2.20 bits per heavy atom. The number of hydrogen-bond acceptors (Lipinski definition) is 5. The third-order valence-corrected chi connectivity index (χ3v) is 2.62. The van der Waals surface area contributed by atoms with Gasteiger partial charge in [-0.1, -0.05) is 0 Å². The minimum atomic E-state index is -0.932. The molecule has 7 nitrogen and oxygen atoms in total. The molecule has 0 fully saturated rings. The molecule has 0 aromatic carbocycles. The molecule has 0 unspecified atom stereocenters. The summed E-state index contributed by atoms with van der Waals surface area (Å²) in [5, 5.41) is 13.7. The van der Waals surface area contributed by atoms with Gasteiger partial charge in [0, 0.05) is 19.8 Å². The molecular formula is C13H17N5O2. The van der Waals surface area contributed by atoms with Crippen molar-refractivity contribution in [3.05, 3.63) is 36.5 Å². The Morgan fingerprint density at radius 1 is 1.45 bits per heavy atom. The summed E-state index contributed by atoms with van der Waals surface area (Å²) in [5.74, 6) is 0.397. The van der Waals surface area contributed by atoms with E-state index in [0.29, 0.717) is 11.4 Å². The molecular weight excluding hydrogens is 258 g/mol. The van der Waals surface area contributed by atoms with E-state index < -0.39 is 5.60 Å². The van der Waals surface area contributed by atoms with Crippen molar-refractivity contribution in [3.63, 3.8) is 0 Å². The smallest absolute Gasteiger partial charge is 0.255 e. The number of carbonyl (C=O) groups is 1. The van der Waals surface area contributed by atoms with Crippen molar-refractivity contribution in [1.82, 2.24) is 24.6 Å². The average Bonchev–Trinajstić information content (AvgIpc) is 2.90. The molecule has 1 N–H and O–H groups in total. The molecule has 0 spiro atoms. The second-order valence-electron chi connectivity index (χ2n) is 5.22. The van der Waals surface area contributed by atoms with Gasteiger partial charge in [-0.25, -0.2) is 14.6 Å². The van der Waals surface area contributed by atoms with Crippen molar-refractivity contribution >= 4 is 5.91 Å². The molecule has 106 valence electrons. The monoisotopic (exact) mass is 275 g/mol. The Balaban J connectivity index is 2.12. The van der Waals surface area contributed by atoms with Crippen LogP contribution >= 0.6 is 0 Å². The summed E-state index contributed by atoms with van der Waals surface area (Å²) in [7, 11) is 1.64. The molecule has 2 aromatic rings. The molecule has 20 heavy (non-hydrogen) atoms. The first-order valence-electron chi connectivity index (χ1n) is 6.16. The van der Waals surface area contributed by atoms with E-state index in [0.717, 1.165) is 0 Å². The van der Waals surface area contributed by atoms with Gasteiger partial charge in [-0.15, -0.1) is 0 Å². The van der Waals surface area contributed by atoms with E-state index in [1.807, 2.05) is 0 Å². The van der Waals surface area contributed by atoms with Crippen LogP contribution in [0.4, 0.5) is 0 Å². The zero-order chi connectivity index (χ0) is 14.8. The molecule has 2 heterocycles. The highest BCUT2D eigenvalue weighted by molar-refractivity contribution is 5.93. The summed E-state index contributed by atoms with van der Waals surface area (Å²) >= 11 is 0. The maximum absolute atomic E-state index is 12.2. The van der Waals surface area contributed by atoms with E-state index in [9.17, 15) is 9.90 Å². The van der Waals surface area contributed by atoms with Gasteiger partial charge < -0.3 is 10.0 Å². The second-order valence-corrected chi connectivity index (χ2v) is 5.22. The SMILES string of the molecule is CN(CC(C)(C)O)C(=O)c1ccc(-n2cncn2)nc1. The van der Waals surface area contributed by atoms with Crippen LogP contribution in [-0.4, -0.2) is 54.9 Å². The molecule has 0 aliphatic heterocycles. The Morgan fingerprint density at radius 3 is 2.70 bits per heavy atom. The topological polar surface area (TPSA) is 84.1 Å². The number of carbonyl (C=O) groups excluding carboxylic acids is 1. The van der Waals surface area contributed by atoms with Crippen LogP contribution < -0.4 is 0 Å². The van der Waals surface area contributed by atoms with Gasteiger partial charge in [0.15, 0.2) is 5.82 Å². The minimum absolute atomic E-state index is 0.190. The third kappa shape index (κ3) is 3.39. The lowest BCUT2D eigenvalue weighted by Crippen LogP contribution is -2.39. The van der Waals surface area contributed by atoms with Crippen molar-refractivity contribution in [3.8, 4) is 5.82 Å². The lowest BCUT2D eigenvalue weighted by atomic mass is 10.1. The maximum atomic E-state index is 12.2. The molecule has 0 saturated heterocycles. The van der Waals surface area contributed by atoms with Crippen LogP contribution in [0.25, 0.3) is 5.82 Å². The average molecular weight is 275 g/mol. The van der Waals surface area contributed by atoms with Crippen molar-refractivity contribution < 1.29 is 9.90 Å². The lowest BCUT2D eigenvalue weighted by molar-refractivity contribution is 0.0367. The number of amides is 1. The summed E-state index contributed by atoms with van der Waals surface area (Å²) < 4.78 is 1.51. The minimum Gasteiger partial charge on any atom is -0.389 e. The summed E-state index contributed by atoms with van der Waals surface area (Å²) in [4.78, 5) is 21.6. The molecule has 2 aromatic heterocycles. The van der Waals surface area contributed by atoms with Crippen LogP contribution in [0.2, 0.25) is 0 Å². The Hall–Kier alpha value is -2.28. The normalized spacial score (nSPS) is 11.4. The van der Waals surface area contributed by atoms with Crippen molar-refractivity contribution in [2.24, 2.45) is 0 Å². The first kappa shape index (κ1) is 14.1. The molecule has 1 amide bonds. The zero-order valence-electron chi connectivity index (χ0n) is 11.7. The lowest BCUT2D eigenvalue weighted by Gasteiger charge is -2.25. The molecule has 7 heteroatoms. The summed E-state index contributed by atoms with van der Waals surface area (Å²) in [6, 6.07) is 3.37. The highest BCUT2D eigenvalue weighted by Crippen LogP contribution is 2.09. The van der Waals surface area contributed by atoms with Crippen LogP contribution in [0.3, 0.4) is 0 Å².